The molecule has 154 valence electrons. The quantitative estimate of drug-likeness (QED) is 0.567. The largest absolute Gasteiger partial charge is 0.459 e. The number of rotatable bonds is 7. The normalized spacial score (nSPS) is 17.8. The molecule has 1 aliphatic rings. The molecule has 0 saturated carbocycles. The summed E-state index contributed by atoms with van der Waals surface area (Å²) in [6.45, 7) is 16.8. The summed E-state index contributed by atoms with van der Waals surface area (Å²) >= 11 is 0. The minimum absolute atomic E-state index is 0.482. The third-order valence-corrected chi connectivity index (χ3v) is 5.71. The lowest BCUT2D eigenvalue weighted by atomic mass is 10.1. The lowest BCUT2D eigenvalue weighted by molar-refractivity contribution is 0.107. The monoisotopic (exact) mass is 385 g/mol. The van der Waals surface area contributed by atoms with Gasteiger partial charge in [0.1, 0.15) is 17.9 Å². The van der Waals surface area contributed by atoms with Gasteiger partial charge < -0.3 is 20.0 Å². The average molecular weight is 386 g/mol. The van der Waals surface area contributed by atoms with Crippen molar-refractivity contribution < 1.29 is 4.42 Å². The molecule has 1 fully saturated rings. The van der Waals surface area contributed by atoms with Crippen molar-refractivity contribution in [2.45, 2.75) is 40.3 Å². The van der Waals surface area contributed by atoms with Crippen molar-refractivity contribution in [3.05, 3.63) is 35.6 Å². The Labute approximate surface area is 169 Å². The van der Waals surface area contributed by atoms with Crippen LogP contribution in [0.3, 0.4) is 0 Å². The Hall–Kier alpha value is -2.05. The van der Waals surface area contributed by atoms with Crippen LogP contribution in [0.5, 0.6) is 0 Å². The summed E-state index contributed by atoms with van der Waals surface area (Å²) in [5, 5.41) is 8.03. The van der Waals surface area contributed by atoms with Gasteiger partial charge in [-0.2, -0.15) is 0 Å². The summed E-state index contributed by atoms with van der Waals surface area (Å²) in [7, 11) is 0. The predicted molar refractivity (Wildman–Crippen MR) is 117 cm³/mol. The Balaban J connectivity index is 1.57. The van der Waals surface area contributed by atoms with Crippen LogP contribution in [0.2, 0.25) is 0 Å². The van der Waals surface area contributed by atoms with E-state index < -0.39 is 0 Å². The van der Waals surface area contributed by atoms with Crippen molar-refractivity contribution in [3.8, 4) is 0 Å². The third-order valence-electron chi connectivity index (χ3n) is 5.71. The Morgan fingerprint density at radius 1 is 1.14 bits per heavy atom. The molecule has 1 saturated heterocycles. The minimum atomic E-state index is 0.482. The van der Waals surface area contributed by atoms with Crippen LogP contribution in [-0.4, -0.2) is 67.6 Å². The molecule has 0 spiro atoms. The predicted octanol–water partition coefficient (Wildman–Crippen LogP) is 2.82. The number of guanidine groups is 1. The number of fused-ring (bicyclic) bond motifs is 1. The molecule has 1 aromatic carbocycles. The fourth-order valence-electron chi connectivity index (χ4n) is 3.76. The van der Waals surface area contributed by atoms with Crippen LogP contribution in [0.25, 0.3) is 11.0 Å². The molecule has 0 bridgehead atoms. The van der Waals surface area contributed by atoms with E-state index in [0.717, 1.165) is 50.0 Å². The van der Waals surface area contributed by atoms with Gasteiger partial charge in [0.15, 0.2) is 5.96 Å². The standard InChI is InChI=1S/C22H35N5O/c1-5-23-22(24-15-17(3)27-13-11-26(6-2)12-14-27)25-16-21-18(4)19-9-7-8-10-20(19)28-21/h7-10,17H,5-6,11-16H2,1-4H3,(H2,23,24,25). The molecular formula is C22H35N5O. The van der Waals surface area contributed by atoms with Crippen molar-refractivity contribution in [2.75, 3.05) is 45.8 Å². The number of aryl methyl sites for hydroxylation is 1. The average Bonchev–Trinajstić information content (AvgIpc) is 3.06. The Morgan fingerprint density at radius 2 is 1.89 bits per heavy atom. The van der Waals surface area contributed by atoms with Crippen molar-refractivity contribution in [1.82, 2.24) is 20.4 Å². The van der Waals surface area contributed by atoms with Gasteiger partial charge in [-0.25, -0.2) is 4.99 Å². The zero-order valence-electron chi connectivity index (χ0n) is 17.8. The molecule has 6 nitrogen and oxygen atoms in total. The topological polar surface area (TPSA) is 56.0 Å². The molecule has 0 aliphatic carbocycles. The summed E-state index contributed by atoms with van der Waals surface area (Å²) in [4.78, 5) is 9.83. The first-order chi connectivity index (χ1) is 13.6. The number of benzene rings is 1. The molecule has 2 heterocycles. The summed E-state index contributed by atoms with van der Waals surface area (Å²) in [5.41, 5.74) is 2.11. The number of nitrogens with one attached hydrogen (secondary N) is 2. The Kier molecular flexibility index (Phi) is 7.34. The number of aliphatic imine (C=N–C) groups is 1. The summed E-state index contributed by atoms with van der Waals surface area (Å²) < 4.78 is 5.99. The number of para-hydroxylation sites is 1. The molecule has 1 atom stereocenters. The molecule has 2 aromatic rings. The maximum atomic E-state index is 5.99. The Bertz CT molecular complexity index is 776. The molecule has 1 unspecified atom stereocenters. The van der Waals surface area contributed by atoms with Crippen molar-refractivity contribution in [2.24, 2.45) is 4.99 Å². The third kappa shape index (κ3) is 5.06. The second kappa shape index (κ2) is 9.94. The van der Waals surface area contributed by atoms with E-state index in [1.165, 1.54) is 24.0 Å². The van der Waals surface area contributed by atoms with Crippen LogP contribution in [0.15, 0.2) is 33.7 Å². The zero-order chi connectivity index (χ0) is 19.9. The molecule has 0 radical (unpaired) electrons. The van der Waals surface area contributed by atoms with E-state index in [-0.39, 0.29) is 0 Å². The molecule has 0 amide bonds. The van der Waals surface area contributed by atoms with Gasteiger partial charge in [0.05, 0.1) is 0 Å². The molecule has 3 rings (SSSR count). The van der Waals surface area contributed by atoms with Gasteiger partial charge >= 0.3 is 0 Å². The number of hydrogen-bond acceptors (Lipinski definition) is 4. The Morgan fingerprint density at radius 3 is 2.57 bits per heavy atom. The van der Waals surface area contributed by atoms with Gasteiger partial charge in [0.2, 0.25) is 0 Å². The minimum Gasteiger partial charge on any atom is -0.459 e. The molecule has 2 N–H and O–H groups in total. The smallest absolute Gasteiger partial charge is 0.191 e. The van der Waals surface area contributed by atoms with Crippen LogP contribution in [-0.2, 0) is 6.54 Å². The first-order valence-electron chi connectivity index (χ1n) is 10.6. The summed E-state index contributed by atoms with van der Waals surface area (Å²) in [6.07, 6.45) is 0. The highest BCUT2D eigenvalue weighted by Crippen LogP contribution is 2.25. The first kappa shape index (κ1) is 20.7. The second-order valence-electron chi connectivity index (χ2n) is 7.54. The van der Waals surface area contributed by atoms with Crippen LogP contribution in [0, 0.1) is 6.92 Å². The maximum absolute atomic E-state index is 5.99. The highest BCUT2D eigenvalue weighted by atomic mass is 16.3. The molecule has 6 heteroatoms. The van der Waals surface area contributed by atoms with E-state index in [1.54, 1.807) is 0 Å². The number of likely N-dealkylation sites (N-methyl/N-ethyl adjacent to an activating group) is 1. The van der Waals surface area contributed by atoms with Crippen LogP contribution in [0.1, 0.15) is 32.1 Å². The molecule has 1 aliphatic heterocycles. The summed E-state index contributed by atoms with van der Waals surface area (Å²) in [5.74, 6) is 1.78. The number of nitrogens with zero attached hydrogens (tertiary/aromatic N) is 3. The van der Waals surface area contributed by atoms with Crippen molar-refractivity contribution in [3.63, 3.8) is 0 Å². The molecule has 1 aromatic heterocycles. The van der Waals surface area contributed by atoms with E-state index in [9.17, 15) is 0 Å². The fourth-order valence-corrected chi connectivity index (χ4v) is 3.76. The SMILES string of the molecule is CCNC(=NCc1oc2ccccc2c1C)NCC(C)N1CCN(CC)CC1. The van der Waals surface area contributed by atoms with Gasteiger partial charge in [0, 0.05) is 56.3 Å². The van der Waals surface area contributed by atoms with Gasteiger partial charge in [-0.3, -0.25) is 4.90 Å². The summed E-state index contributed by atoms with van der Waals surface area (Å²) in [6, 6.07) is 8.65. The van der Waals surface area contributed by atoms with Gasteiger partial charge in [-0.1, -0.05) is 25.1 Å². The lowest BCUT2D eigenvalue weighted by Gasteiger charge is -2.37. The van der Waals surface area contributed by atoms with Crippen molar-refractivity contribution in [1.29, 1.82) is 0 Å². The van der Waals surface area contributed by atoms with E-state index in [2.05, 4.69) is 54.2 Å². The first-order valence-corrected chi connectivity index (χ1v) is 10.6. The number of hydrogen-bond donors (Lipinski definition) is 2. The molecular weight excluding hydrogens is 350 g/mol. The highest BCUT2D eigenvalue weighted by Gasteiger charge is 2.20. The fraction of sp³-hybridized carbons (Fsp3) is 0.591. The maximum Gasteiger partial charge on any atom is 0.191 e. The van der Waals surface area contributed by atoms with E-state index >= 15 is 0 Å². The second-order valence-corrected chi connectivity index (χ2v) is 7.54. The van der Waals surface area contributed by atoms with Gasteiger partial charge in [-0.15, -0.1) is 0 Å². The van der Waals surface area contributed by atoms with E-state index in [0.29, 0.717) is 12.6 Å². The van der Waals surface area contributed by atoms with Crippen LogP contribution >= 0.6 is 0 Å². The highest BCUT2D eigenvalue weighted by molar-refractivity contribution is 5.82. The van der Waals surface area contributed by atoms with Gasteiger partial charge in [0.25, 0.3) is 0 Å². The van der Waals surface area contributed by atoms with Crippen LogP contribution in [0.4, 0.5) is 0 Å². The van der Waals surface area contributed by atoms with E-state index in [1.807, 2.05) is 18.2 Å². The number of furan rings is 1. The van der Waals surface area contributed by atoms with Crippen LogP contribution < -0.4 is 10.6 Å². The van der Waals surface area contributed by atoms with Gasteiger partial charge in [-0.05, 0) is 33.4 Å². The van der Waals surface area contributed by atoms with E-state index in [4.69, 9.17) is 9.41 Å². The molecule has 28 heavy (non-hydrogen) atoms. The lowest BCUT2D eigenvalue weighted by Crippen LogP contribution is -2.53. The number of piperazine rings is 1. The zero-order valence-corrected chi connectivity index (χ0v) is 17.8. The van der Waals surface area contributed by atoms with Crippen molar-refractivity contribution >= 4 is 16.9 Å².